The predicted molar refractivity (Wildman–Crippen MR) is 75.4 cm³/mol. The molecular weight excluding hydrogens is 251 g/mol. The highest BCUT2D eigenvalue weighted by molar-refractivity contribution is 6.33. The molecule has 4 heteroatoms. The van der Waals surface area contributed by atoms with Crippen molar-refractivity contribution in [2.24, 2.45) is 5.92 Å². The van der Waals surface area contributed by atoms with Crippen LogP contribution in [0.5, 0.6) is 0 Å². The lowest BCUT2D eigenvalue weighted by Gasteiger charge is -2.20. The van der Waals surface area contributed by atoms with Crippen molar-refractivity contribution < 1.29 is 4.39 Å². The summed E-state index contributed by atoms with van der Waals surface area (Å²) in [6.07, 6.45) is 2.23. The van der Waals surface area contributed by atoms with E-state index in [0.29, 0.717) is 10.9 Å². The molecule has 2 rings (SSSR count). The molecule has 2 nitrogen and oxygen atoms in total. The van der Waals surface area contributed by atoms with Gasteiger partial charge in [-0.15, -0.1) is 0 Å². The van der Waals surface area contributed by atoms with E-state index < -0.39 is 5.82 Å². The largest absolute Gasteiger partial charge is 0.395 e. The van der Waals surface area contributed by atoms with Crippen LogP contribution in [0.3, 0.4) is 0 Å². The minimum atomic E-state index is -0.435. The zero-order valence-electron chi connectivity index (χ0n) is 10.8. The molecule has 0 aromatic heterocycles. The Kier molecular flexibility index (Phi) is 4.00. The van der Waals surface area contributed by atoms with Crippen molar-refractivity contribution >= 4 is 23.0 Å². The number of anilines is 2. The standard InChI is InChI=1S/C14H19ClFN2/c1-9(2)5-10-3-4-18(8-10)11-6-12(15)14(17)13(16)7-11/h6-7,9H,3-5,8,17H2,1-2H3. The van der Waals surface area contributed by atoms with E-state index in [1.807, 2.05) is 0 Å². The second-order valence-corrected chi connectivity index (χ2v) is 5.75. The van der Waals surface area contributed by atoms with Crippen molar-refractivity contribution in [3.8, 4) is 0 Å². The number of nitrogens with zero attached hydrogens (tertiary/aromatic N) is 1. The Hall–Kier alpha value is -0.960. The highest BCUT2D eigenvalue weighted by atomic mass is 35.5. The van der Waals surface area contributed by atoms with Crippen molar-refractivity contribution in [3.63, 3.8) is 0 Å². The number of hydrogen-bond acceptors (Lipinski definition) is 2. The first kappa shape index (κ1) is 13.5. The van der Waals surface area contributed by atoms with E-state index >= 15 is 0 Å². The molecule has 0 unspecified atom stereocenters. The molecule has 1 aliphatic heterocycles. The van der Waals surface area contributed by atoms with E-state index in [1.165, 1.54) is 12.0 Å². The summed E-state index contributed by atoms with van der Waals surface area (Å²) in [5.41, 5.74) is 6.37. The third-order valence-corrected chi connectivity index (χ3v) is 3.59. The highest BCUT2D eigenvalue weighted by Gasteiger charge is 2.24. The summed E-state index contributed by atoms with van der Waals surface area (Å²) in [5.74, 6) is 1.76. The molecular formula is C14H19ClFN2. The molecule has 18 heavy (non-hydrogen) atoms. The molecule has 1 saturated heterocycles. The van der Waals surface area contributed by atoms with Gasteiger partial charge >= 0.3 is 0 Å². The molecule has 99 valence electrons. The third-order valence-electron chi connectivity index (χ3n) is 3.28. The summed E-state index contributed by atoms with van der Waals surface area (Å²) in [5, 5.41) is 0.294. The predicted octanol–water partition coefficient (Wildman–Crippen LogP) is 3.89. The normalized spacial score (nSPS) is 16.8. The minimum absolute atomic E-state index is 0.0333. The summed E-state index contributed by atoms with van der Waals surface area (Å²) in [6.45, 7) is 6.27. The zero-order valence-corrected chi connectivity index (χ0v) is 11.6. The molecule has 1 heterocycles. The van der Waals surface area contributed by atoms with Crippen LogP contribution >= 0.6 is 11.6 Å². The maximum absolute atomic E-state index is 13.6. The first-order chi connectivity index (χ1) is 8.47. The fourth-order valence-electron chi connectivity index (χ4n) is 2.44. The number of nitrogen functional groups attached to an aromatic ring is 1. The maximum Gasteiger partial charge on any atom is 0.149 e. The van der Waals surface area contributed by atoms with E-state index in [0.717, 1.165) is 31.6 Å². The molecule has 1 aliphatic rings. The van der Waals surface area contributed by atoms with Crippen molar-refractivity contribution in [1.82, 2.24) is 0 Å². The molecule has 0 saturated carbocycles. The number of nitrogens with two attached hydrogens (primary N) is 1. The minimum Gasteiger partial charge on any atom is -0.395 e. The summed E-state index contributed by atoms with van der Waals surface area (Å²) < 4.78 is 13.6. The van der Waals surface area contributed by atoms with E-state index in [-0.39, 0.29) is 5.69 Å². The van der Waals surface area contributed by atoms with Gasteiger partial charge in [0.1, 0.15) is 5.82 Å². The van der Waals surface area contributed by atoms with Crippen molar-refractivity contribution in [2.75, 3.05) is 23.7 Å². The first-order valence-electron chi connectivity index (χ1n) is 6.30. The van der Waals surface area contributed by atoms with Gasteiger partial charge in [-0.25, -0.2) is 4.39 Å². The Bertz CT molecular complexity index is 411. The summed E-state index contributed by atoms with van der Waals surface area (Å²) in [7, 11) is 0. The zero-order chi connectivity index (χ0) is 13.3. The van der Waals surface area contributed by atoms with Crippen LogP contribution in [0.15, 0.2) is 12.1 Å². The van der Waals surface area contributed by atoms with Gasteiger partial charge in [0, 0.05) is 18.8 Å². The summed E-state index contributed by atoms with van der Waals surface area (Å²) in [4.78, 5) is 2.16. The number of halogens is 2. The molecule has 1 aromatic carbocycles. The van der Waals surface area contributed by atoms with Crippen LogP contribution < -0.4 is 10.6 Å². The molecule has 2 N–H and O–H groups in total. The van der Waals surface area contributed by atoms with E-state index in [4.69, 9.17) is 17.3 Å². The Balaban J connectivity index is 2.10. The van der Waals surface area contributed by atoms with Gasteiger partial charge in [0.05, 0.1) is 10.7 Å². The van der Waals surface area contributed by atoms with Crippen molar-refractivity contribution in [2.45, 2.75) is 26.7 Å². The van der Waals surface area contributed by atoms with Crippen molar-refractivity contribution in [1.29, 1.82) is 0 Å². The second kappa shape index (κ2) is 5.35. The van der Waals surface area contributed by atoms with Crippen LogP contribution in [-0.2, 0) is 0 Å². The van der Waals surface area contributed by atoms with Crippen LogP contribution in [0.25, 0.3) is 0 Å². The quantitative estimate of drug-likeness (QED) is 0.844. The summed E-state index contributed by atoms with van der Waals surface area (Å²) in [6, 6.07) is 3.22. The Labute approximate surface area is 113 Å². The first-order valence-corrected chi connectivity index (χ1v) is 6.68. The van der Waals surface area contributed by atoms with Crippen molar-refractivity contribution in [3.05, 3.63) is 28.9 Å². The van der Waals surface area contributed by atoms with Crippen LogP contribution in [0.2, 0.25) is 5.02 Å². The molecule has 1 fully saturated rings. The van der Waals surface area contributed by atoms with Gasteiger partial charge in [0.15, 0.2) is 0 Å². The Morgan fingerprint density at radius 3 is 2.78 bits per heavy atom. The molecule has 1 radical (unpaired) electrons. The molecule has 0 bridgehead atoms. The second-order valence-electron chi connectivity index (χ2n) is 5.34. The van der Waals surface area contributed by atoms with E-state index in [2.05, 4.69) is 18.7 Å². The lowest BCUT2D eigenvalue weighted by Crippen LogP contribution is -2.19. The molecule has 0 atom stereocenters. The highest BCUT2D eigenvalue weighted by Crippen LogP contribution is 2.33. The van der Waals surface area contributed by atoms with Crippen LogP contribution in [0, 0.1) is 17.7 Å². The number of hydrogen-bond donors (Lipinski definition) is 1. The monoisotopic (exact) mass is 269 g/mol. The number of benzene rings is 1. The molecule has 0 amide bonds. The summed E-state index contributed by atoms with van der Waals surface area (Å²) >= 11 is 5.92. The topological polar surface area (TPSA) is 29.3 Å². The Morgan fingerprint density at radius 1 is 1.44 bits per heavy atom. The van der Waals surface area contributed by atoms with Gasteiger partial charge in [0.25, 0.3) is 0 Å². The van der Waals surface area contributed by atoms with E-state index in [9.17, 15) is 4.39 Å². The average Bonchev–Trinajstić information content (AvgIpc) is 2.72. The smallest absolute Gasteiger partial charge is 0.149 e. The molecule has 0 aliphatic carbocycles. The van der Waals surface area contributed by atoms with Crippen LogP contribution in [0.4, 0.5) is 15.8 Å². The Morgan fingerprint density at radius 2 is 2.17 bits per heavy atom. The fraction of sp³-hybridized carbons (Fsp3) is 0.500. The average molecular weight is 270 g/mol. The van der Waals surface area contributed by atoms with Gasteiger partial charge in [-0.2, -0.15) is 0 Å². The number of rotatable bonds is 3. The van der Waals surface area contributed by atoms with Crippen LogP contribution in [0.1, 0.15) is 26.7 Å². The third kappa shape index (κ3) is 2.89. The van der Waals surface area contributed by atoms with Gasteiger partial charge in [0.2, 0.25) is 0 Å². The maximum atomic E-state index is 13.6. The lowest BCUT2D eigenvalue weighted by atomic mass is 9.97. The lowest BCUT2D eigenvalue weighted by molar-refractivity contribution is 0.587. The SMILES string of the molecule is CC(C)C[C]1CCN(c2cc(F)c(N)c(Cl)c2)C1. The van der Waals surface area contributed by atoms with Gasteiger partial charge < -0.3 is 10.6 Å². The van der Waals surface area contributed by atoms with Gasteiger partial charge in [-0.05, 0) is 36.8 Å². The fourth-order valence-corrected chi connectivity index (χ4v) is 2.64. The molecule has 1 aromatic rings. The van der Waals surface area contributed by atoms with Gasteiger partial charge in [-0.1, -0.05) is 25.4 Å². The van der Waals surface area contributed by atoms with Crippen LogP contribution in [-0.4, -0.2) is 13.1 Å². The molecule has 0 spiro atoms. The van der Waals surface area contributed by atoms with E-state index in [1.54, 1.807) is 6.07 Å². The van der Waals surface area contributed by atoms with Gasteiger partial charge in [-0.3, -0.25) is 0 Å².